The number of aromatic nitrogens is 3. The molecule has 1 rings (SSSR count). The number of aromatic amines is 1. The number of H-pyrrole nitrogens is 1. The van der Waals surface area contributed by atoms with Gasteiger partial charge in [-0.15, -0.1) is 5.10 Å². The van der Waals surface area contributed by atoms with Crippen LogP contribution >= 0.6 is 0 Å². The average molecular weight is 182 g/mol. The zero-order chi connectivity index (χ0) is 9.84. The van der Waals surface area contributed by atoms with E-state index in [0.29, 0.717) is 0 Å². The zero-order valence-electron chi connectivity index (χ0n) is 8.09. The van der Waals surface area contributed by atoms with E-state index in [1.54, 1.807) is 0 Å². The molecule has 0 atom stereocenters. The van der Waals surface area contributed by atoms with Gasteiger partial charge in [-0.05, 0) is 13.8 Å². The van der Waals surface area contributed by atoms with Crippen molar-refractivity contribution < 1.29 is 4.79 Å². The Balaban J connectivity index is 2.66. The van der Waals surface area contributed by atoms with Crippen LogP contribution in [0.5, 0.6) is 0 Å². The Morgan fingerprint density at radius 1 is 1.62 bits per heavy atom. The molecule has 1 aromatic rings. The van der Waals surface area contributed by atoms with E-state index in [0.717, 1.165) is 12.2 Å². The van der Waals surface area contributed by atoms with Crippen molar-refractivity contribution in [2.24, 2.45) is 0 Å². The number of nitrogens with one attached hydrogen (secondary N) is 2. The van der Waals surface area contributed by atoms with Gasteiger partial charge in [0.2, 0.25) is 5.82 Å². The first-order valence-corrected chi connectivity index (χ1v) is 4.35. The standard InChI is InChI=1S/C8H14N4O/c1-4-6-10-7(12-11-6)8(13)9-5(2)3/h5H,4H2,1-3H3,(H,9,13)(H,10,11,12). The summed E-state index contributed by atoms with van der Waals surface area (Å²) in [6, 6.07) is 0.107. The lowest BCUT2D eigenvalue weighted by Crippen LogP contribution is -2.30. The Hall–Kier alpha value is -1.39. The summed E-state index contributed by atoms with van der Waals surface area (Å²) in [5, 5.41) is 9.19. The van der Waals surface area contributed by atoms with Gasteiger partial charge in [0.25, 0.3) is 5.91 Å². The summed E-state index contributed by atoms with van der Waals surface area (Å²) in [5.74, 6) is 0.713. The molecule has 0 aliphatic carbocycles. The SMILES string of the molecule is CCc1nc(C(=O)NC(C)C)n[nH]1. The average Bonchev–Trinajstić information content (AvgIpc) is 2.50. The summed E-state index contributed by atoms with van der Waals surface area (Å²) in [6.07, 6.45) is 0.752. The largest absolute Gasteiger partial charge is 0.347 e. The molecule has 0 bridgehead atoms. The van der Waals surface area contributed by atoms with Crippen LogP contribution in [-0.4, -0.2) is 27.1 Å². The Labute approximate surface area is 76.9 Å². The molecule has 1 amide bonds. The molecule has 5 nitrogen and oxygen atoms in total. The third kappa shape index (κ3) is 2.54. The number of carbonyl (C=O) groups is 1. The number of amides is 1. The first kappa shape index (κ1) is 9.70. The highest BCUT2D eigenvalue weighted by molar-refractivity contribution is 5.90. The van der Waals surface area contributed by atoms with Gasteiger partial charge in [0.15, 0.2) is 0 Å². The second-order valence-electron chi connectivity index (χ2n) is 3.09. The minimum Gasteiger partial charge on any atom is -0.347 e. The summed E-state index contributed by atoms with van der Waals surface area (Å²) < 4.78 is 0. The molecule has 0 saturated heterocycles. The van der Waals surface area contributed by atoms with Crippen LogP contribution in [0.25, 0.3) is 0 Å². The number of hydrogen-bond acceptors (Lipinski definition) is 3. The van der Waals surface area contributed by atoms with Crippen LogP contribution in [0, 0.1) is 0 Å². The van der Waals surface area contributed by atoms with Crippen LogP contribution in [0.15, 0.2) is 0 Å². The van der Waals surface area contributed by atoms with Crippen LogP contribution in [0.2, 0.25) is 0 Å². The topological polar surface area (TPSA) is 70.7 Å². The molecule has 0 aromatic carbocycles. The van der Waals surface area contributed by atoms with Gasteiger partial charge in [0.05, 0.1) is 0 Å². The lowest BCUT2D eigenvalue weighted by Gasteiger charge is -2.04. The van der Waals surface area contributed by atoms with Crippen molar-refractivity contribution in [2.45, 2.75) is 33.2 Å². The summed E-state index contributed by atoms with van der Waals surface area (Å²) in [5.41, 5.74) is 0. The maximum atomic E-state index is 11.3. The minimum atomic E-state index is -0.231. The zero-order valence-corrected chi connectivity index (χ0v) is 8.09. The molecule has 5 heteroatoms. The third-order valence-corrected chi connectivity index (χ3v) is 1.49. The molecule has 1 heterocycles. The molecular formula is C8H14N4O. The van der Waals surface area contributed by atoms with Gasteiger partial charge in [-0.2, -0.15) is 0 Å². The van der Waals surface area contributed by atoms with Crippen molar-refractivity contribution in [3.05, 3.63) is 11.6 Å². The monoisotopic (exact) mass is 182 g/mol. The van der Waals surface area contributed by atoms with Crippen molar-refractivity contribution in [3.63, 3.8) is 0 Å². The minimum absolute atomic E-state index is 0.107. The molecule has 0 aliphatic heterocycles. The number of rotatable bonds is 3. The lowest BCUT2D eigenvalue weighted by molar-refractivity contribution is 0.0933. The fraction of sp³-hybridized carbons (Fsp3) is 0.625. The van der Waals surface area contributed by atoms with Gasteiger partial charge < -0.3 is 5.32 Å². The predicted molar refractivity (Wildman–Crippen MR) is 48.4 cm³/mol. The van der Waals surface area contributed by atoms with Gasteiger partial charge in [0.1, 0.15) is 5.82 Å². The maximum Gasteiger partial charge on any atom is 0.291 e. The van der Waals surface area contributed by atoms with Crippen LogP contribution in [0.1, 0.15) is 37.2 Å². The molecule has 0 spiro atoms. The molecule has 0 fully saturated rings. The highest BCUT2D eigenvalue weighted by atomic mass is 16.2. The summed E-state index contributed by atoms with van der Waals surface area (Å²) in [7, 11) is 0. The van der Waals surface area contributed by atoms with Crippen LogP contribution in [0.4, 0.5) is 0 Å². The smallest absolute Gasteiger partial charge is 0.291 e. The molecular weight excluding hydrogens is 168 g/mol. The second kappa shape index (κ2) is 4.02. The molecule has 0 radical (unpaired) electrons. The first-order valence-electron chi connectivity index (χ1n) is 4.35. The van der Waals surface area contributed by atoms with Gasteiger partial charge in [0, 0.05) is 12.5 Å². The second-order valence-corrected chi connectivity index (χ2v) is 3.09. The van der Waals surface area contributed by atoms with Crippen LogP contribution in [0.3, 0.4) is 0 Å². The van der Waals surface area contributed by atoms with E-state index >= 15 is 0 Å². The van der Waals surface area contributed by atoms with Gasteiger partial charge in [-0.3, -0.25) is 9.89 Å². The van der Waals surface area contributed by atoms with E-state index in [1.807, 2.05) is 20.8 Å². The van der Waals surface area contributed by atoms with E-state index in [1.165, 1.54) is 0 Å². The van der Waals surface area contributed by atoms with Gasteiger partial charge >= 0.3 is 0 Å². The molecule has 13 heavy (non-hydrogen) atoms. The molecule has 1 aromatic heterocycles. The summed E-state index contributed by atoms with van der Waals surface area (Å²) in [4.78, 5) is 15.3. The predicted octanol–water partition coefficient (Wildman–Crippen LogP) is 0.505. The third-order valence-electron chi connectivity index (χ3n) is 1.49. The quantitative estimate of drug-likeness (QED) is 0.715. The Bertz CT molecular complexity index is 292. The van der Waals surface area contributed by atoms with Crippen molar-refractivity contribution >= 4 is 5.91 Å². The van der Waals surface area contributed by atoms with Crippen molar-refractivity contribution in [2.75, 3.05) is 0 Å². The van der Waals surface area contributed by atoms with E-state index in [2.05, 4.69) is 20.5 Å². The van der Waals surface area contributed by atoms with Crippen LogP contribution < -0.4 is 5.32 Å². The fourth-order valence-corrected chi connectivity index (χ4v) is 0.882. The van der Waals surface area contributed by atoms with E-state index in [-0.39, 0.29) is 17.8 Å². The molecule has 72 valence electrons. The number of carbonyl (C=O) groups excluding carboxylic acids is 1. The Morgan fingerprint density at radius 3 is 2.77 bits per heavy atom. The van der Waals surface area contributed by atoms with Crippen molar-refractivity contribution in [1.29, 1.82) is 0 Å². The summed E-state index contributed by atoms with van der Waals surface area (Å²) in [6.45, 7) is 5.74. The van der Waals surface area contributed by atoms with Crippen molar-refractivity contribution in [3.8, 4) is 0 Å². The lowest BCUT2D eigenvalue weighted by atomic mass is 10.4. The maximum absolute atomic E-state index is 11.3. The first-order chi connectivity index (χ1) is 6.13. The number of hydrogen-bond donors (Lipinski definition) is 2. The number of aryl methyl sites for hydroxylation is 1. The highest BCUT2D eigenvalue weighted by Gasteiger charge is 2.11. The molecule has 0 saturated carbocycles. The Morgan fingerprint density at radius 2 is 2.31 bits per heavy atom. The van der Waals surface area contributed by atoms with E-state index < -0.39 is 0 Å². The van der Waals surface area contributed by atoms with Gasteiger partial charge in [-0.1, -0.05) is 6.92 Å². The fourth-order valence-electron chi connectivity index (χ4n) is 0.882. The Kier molecular flexibility index (Phi) is 3.00. The normalized spacial score (nSPS) is 10.5. The van der Waals surface area contributed by atoms with Crippen molar-refractivity contribution in [1.82, 2.24) is 20.5 Å². The molecule has 0 unspecified atom stereocenters. The molecule has 0 aliphatic rings. The van der Waals surface area contributed by atoms with Gasteiger partial charge in [-0.25, -0.2) is 4.98 Å². The number of nitrogens with zero attached hydrogens (tertiary/aromatic N) is 2. The van der Waals surface area contributed by atoms with Crippen LogP contribution in [-0.2, 0) is 6.42 Å². The summed E-state index contributed by atoms with van der Waals surface area (Å²) >= 11 is 0. The highest BCUT2D eigenvalue weighted by Crippen LogP contribution is 1.93. The molecule has 2 N–H and O–H groups in total. The van der Waals surface area contributed by atoms with E-state index in [9.17, 15) is 4.79 Å². The van der Waals surface area contributed by atoms with E-state index in [4.69, 9.17) is 0 Å².